The minimum absolute atomic E-state index is 0.445. The zero-order chi connectivity index (χ0) is 14.1. The van der Waals surface area contributed by atoms with Gasteiger partial charge in [0.15, 0.2) is 0 Å². The van der Waals surface area contributed by atoms with Crippen molar-refractivity contribution in [3.05, 3.63) is 54.0 Å². The van der Waals surface area contributed by atoms with E-state index in [4.69, 9.17) is 18.0 Å². The van der Waals surface area contributed by atoms with Crippen LogP contribution in [0.1, 0.15) is 11.1 Å². The van der Waals surface area contributed by atoms with Crippen molar-refractivity contribution in [3.63, 3.8) is 0 Å². The minimum atomic E-state index is 0.445. The lowest BCUT2D eigenvalue weighted by Gasteiger charge is -2.06. The van der Waals surface area contributed by atoms with E-state index in [-0.39, 0.29) is 0 Å². The summed E-state index contributed by atoms with van der Waals surface area (Å²) in [6, 6.07) is 8.14. The first-order valence-corrected chi connectivity index (χ1v) is 6.91. The second-order valence-corrected chi connectivity index (χ2v) is 5.32. The molecule has 0 aliphatic rings. The summed E-state index contributed by atoms with van der Waals surface area (Å²) >= 11 is 5.10. The van der Waals surface area contributed by atoms with Crippen molar-refractivity contribution in [1.82, 2.24) is 14.3 Å². The number of nitrogens with zero attached hydrogens (tertiary/aromatic N) is 3. The summed E-state index contributed by atoms with van der Waals surface area (Å²) in [7, 11) is 1.93. The molecule has 0 saturated carbocycles. The fourth-order valence-electron chi connectivity index (χ4n) is 2.48. The number of benzene rings is 1. The number of aromatic nitrogens is 3. The molecule has 2 N–H and O–H groups in total. The number of hydrogen-bond acceptors (Lipinski definition) is 2. The van der Waals surface area contributed by atoms with E-state index in [1.807, 2.05) is 36.3 Å². The molecule has 2 heterocycles. The maximum atomic E-state index is 5.77. The number of hydrogen-bond donors (Lipinski definition) is 1. The fraction of sp³-hybridized carbons (Fsp3) is 0.200. The lowest BCUT2D eigenvalue weighted by atomic mass is 10.1. The molecular formula is C15H16N4S. The van der Waals surface area contributed by atoms with Crippen LogP contribution in [-0.4, -0.2) is 19.3 Å². The van der Waals surface area contributed by atoms with E-state index in [0.29, 0.717) is 4.99 Å². The Balaban J connectivity index is 1.89. The maximum absolute atomic E-state index is 5.77. The maximum Gasteiger partial charge on any atom is 0.104 e. The minimum Gasteiger partial charge on any atom is -0.389 e. The van der Waals surface area contributed by atoms with E-state index in [2.05, 4.69) is 28.0 Å². The van der Waals surface area contributed by atoms with Gasteiger partial charge in [0.2, 0.25) is 0 Å². The molecular weight excluding hydrogens is 268 g/mol. The monoisotopic (exact) mass is 284 g/mol. The van der Waals surface area contributed by atoms with Crippen molar-refractivity contribution in [2.24, 2.45) is 12.8 Å². The lowest BCUT2D eigenvalue weighted by molar-refractivity contribution is 0.720. The van der Waals surface area contributed by atoms with Crippen molar-refractivity contribution in [3.8, 4) is 0 Å². The third-order valence-electron chi connectivity index (χ3n) is 3.48. The predicted octanol–water partition coefficient (Wildman–Crippen LogP) is 2.25. The van der Waals surface area contributed by atoms with Crippen LogP contribution in [0, 0.1) is 0 Å². The molecule has 4 nitrogen and oxygen atoms in total. The molecule has 0 fully saturated rings. The average Bonchev–Trinajstić information content (AvgIpc) is 3.02. The van der Waals surface area contributed by atoms with E-state index < -0.39 is 0 Å². The van der Waals surface area contributed by atoms with Gasteiger partial charge in [0, 0.05) is 42.5 Å². The quantitative estimate of drug-likeness (QED) is 0.748. The van der Waals surface area contributed by atoms with Gasteiger partial charge in [-0.2, -0.15) is 5.10 Å². The van der Waals surface area contributed by atoms with Gasteiger partial charge in [0.25, 0.3) is 0 Å². The number of fused-ring (bicyclic) bond motifs is 1. The zero-order valence-electron chi connectivity index (χ0n) is 11.3. The Hall–Kier alpha value is -2.14. The van der Waals surface area contributed by atoms with Gasteiger partial charge in [-0.1, -0.05) is 24.4 Å². The fourth-order valence-corrected chi connectivity index (χ4v) is 2.66. The largest absolute Gasteiger partial charge is 0.389 e. The topological polar surface area (TPSA) is 48.8 Å². The van der Waals surface area contributed by atoms with E-state index >= 15 is 0 Å². The summed E-state index contributed by atoms with van der Waals surface area (Å²) in [6.45, 7) is 0.913. The summed E-state index contributed by atoms with van der Waals surface area (Å²) in [5.41, 5.74) is 9.11. The second kappa shape index (κ2) is 5.09. The molecule has 0 bridgehead atoms. The first-order valence-electron chi connectivity index (χ1n) is 6.50. The molecule has 3 rings (SSSR count). The Kier molecular flexibility index (Phi) is 3.28. The highest BCUT2D eigenvalue weighted by Crippen LogP contribution is 2.20. The second-order valence-electron chi connectivity index (χ2n) is 4.88. The highest BCUT2D eigenvalue weighted by Gasteiger charge is 2.07. The number of nitrogens with two attached hydrogens (primary N) is 1. The highest BCUT2D eigenvalue weighted by atomic mass is 32.1. The van der Waals surface area contributed by atoms with Gasteiger partial charge < -0.3 is 10.3 Å². The van der Waals surface area contributed by atoms with Crippen LogP contribution >= 0.6 is 12.2 Å². The van der Waals surface area contributed by atoms with Gasteiger partial charge >= 0.3 is 0 Å². The molecule has 102 valence electrons. The van der Waals surface area contributed by atoms with Crippen LogP contribution in [0.3, 0.4) is 0 Å². The molecule has 0 atom stereocenters. The summed E-state index contributed by atoms with van der Waals surface area (Å²) in [5, 5.41) is 5.31. The molecule has 0 saturated heterocycles. The van der Waals surface area contributed by atoms with Crippen LogP contribution in [0.25, 0.3) is 10.9 Å². The van der Waals surface area contributed by atoms with E-state index in [1.165, 1.54) is 11.1 Å². The van der Waals surface area contributed by atoms with Gasteiger partial charge in [0.1, 0.15) is 4.99 Å². The van der Waals surface area contributed by atoms with Crippen LogP contribution in [-0.2, 0) is 20.0 Å². The molecule has 0 aliphatic heterocycles. The molecule has 1 aromatic carbocycles. The van der Waals surface area contributed by atoms with Crippen LogP contribution in [0.2, 0.25) is 0 Å². The van der Waals surface area contributed by atoms with E-state index in [0.717, 1.165) is 23.9 Å². The van der Waals surface area contributed by atoms with Crippen molar-refractivity contribution in [2.45, 2.75) is 13.0 Å². The third-order valence-corrected chi connectivity index (χ3v) is 3.70. The first kappa shape index (κ1) is 12.9. The molecule has 3 aromatic rings. The van der Waals surface area contributed by atoms with Crippen molar-refractivity contribution < 1.29 is 0 Å². The average molecular weight is 284 g/mol. The van der Waals surface area contributed by atoms with Crippen molar-refractivity contribution in [1.29, 1.82) is 0 Å². The molecule has 0 amide bonds. The van der Waals surface area contributed by atoms with Gasteiger partial charge in [-0.05, 0) is 24.1 Å². The SMILES string of the molecule is Cn1cc(CCn2ccc3c(C(N)=S)cccc32)cn1. The normalized spacial score (nSPS) is 11.1. The summed E-state index contributed by atoms with van der Waals surface area (Å²) in [4.78, 5) is 0.445. The van der Waals surface area contributed by atoms with Gasteiger partial charge in [0.05, 0.1) is 6.20 Å². The Bertz CT molecular complexity index is 769. The molecule has 0 aliphatic carbocycles. The highest BCUT2D eigenvalue weighted by molar-refractivity contribution is 7.80. The number of thiocarbonyl (C=S) groups is 1. The Labute approximate surface area is 122 Å². The van der Waals surface area contributed by atoms with E-state index in [1.54, 1.807) is 0 Å². The van der Waals surface area contributed by atoms with Crippen LogP contribution in [0.4, 0.5) is 0 Å². The lowest BCUT2D eigenvalue weighted by Crippen LogP contribution is -2.09. The Morgan fingerprint density at radius 2 is 2.20 bits per heavy atom. The number of aryl methyl sites for hydroxylation is 3. The Morgan fingerprint density at radius 1 is 1.35 bits per heavy atom. The van der Waals surface area contributed by atoms with Crippen molar-refractivity contribution in [2.75, 3.05) is 0 Å². The third kappa shape index (κ3) is 2.32. The van der Waals surface area contributed by atoms with Gasteiger partial charge in [-0.15, -0.1) is 0 Å². The summed E-state index contributed by atoms with van der Waals surface area (Å²) < 4.78 is 4.05. The van der Waals surface area contributed by atoms with Crippen LogP contribution < -0.4 is 5.73 Å². The van der Waals surface area contributed by atoms with E-state index in [9.17, 15) is 0 Å². The zero-order valence-corrected chi connectivity index (χ0v) is 12.1. The smallest absolute Gasteiger partial charge is 0.104 e. The van der Waals surface area contributed by atoms with Crippen molar-refractivity contribution >= 4 is 28.1 Å². The summed E-state index contributed by atoms with van der Waals surface area (Å²) in [6.07, 6.45) is 7.00. The van der Waals surface area contributed by atoms with Crippen LogP contribution in [0.15, 0.2) is 42.9 Å². The number of rotatable bonds is 4. The van der Waals surface area contributed by atoms with Gasteiger partial charge in [-0.25, -0.2) is 0 Å². The molecule has 0 spiro atoms. The molecule has 0 unspecified atom stereocenters. The molecule has 5 heteroatoms. The Morgan fingerprint density at radius 3 is 2.90 bits per heavy atom. The van der Waals surface area contributed by atoms with Gasteiger partial charge in [-0.3, -0.25) is 4.68 Å². The molecule has 2 aromatic heterocycles. The molecule has 20 heavy (non-hydrogen) atoms. The van der Waals surface area contributed by atoms with Crippen LogP contribution in [0.5, 0.6) is 0 Å². The predicted molar refractivity (Wildman–Crippen MR) is 84.7 cm³/mol. The molecule has 0 radical (unpaired) electrons. The standard InChI is InChI=1S/C15H16N4S/c1-18-10-11(9-17-18)5-7-19-8-6-12-13(15(16)20)3-2-4-14(12)19/h2-4,6,8-10H,5,7H2,1H3,(H2,16,20). The first-order chi connectivity index (χ1) is 9.65. The summed E-state index contributed by atoms with van der Waals surface area (Å²) in [5.74, 6) is 0.